The number of aromatic nitrogens is 2. The molecule has 0 N–H and O–H groups in total. The molecule has 6 nitrogen and oxygen atoms in total. The van der Waals surface area contributed by atoms with Crippen molar-refractivity contribution >= 4 is 11.8 Å². The van der Waals surface area contributed by atoms with Crippen molar-refractivity contribution in [3.05, 3.63) is 29.9 Å². The lowest BCUT2D eigenvalue weighted by atomic mass is 9.49. The summed E-state index contributed by atoms with van der Waals surface area (Å²) in [6.07, 6.45) is 13.8. The van der Waals surface area contributed by atoms with Crippen molar-refractivity contribution in [1.82, 2.24) is 19.4 Å². The number of imidazole rings is 1. The van der Waals surface area contributed by atoms with Crippen molar-refractivity contribution in [2.24, 2.45) is 23.2 Å². The number of hydrogen-bond donors (Lipinski definition) is 0. The van der Waals surface area contributed by atoms with Crippen molar-refractivity contribution in [2.45, 2.75) is 64.5 Å². The number of amides is 2. The molecule has 0 aromatic carbocycles. The second-order valence-corrected chi connectivity index (χ2v) is 10.6. The Morgan fingerprint density at radius 2 is 1.67 bits per heavy atom. The van der Waals surface area contributed by atoms with Gasteiger partial charge >= 0.3 is 0 Å². The summed E-state index contributed by atoms with van der Waals surface area (Å²) in [5.41, 5.74) is 0.733. The van der Waals surface area contributed by atoms with Crippen molar-refractivity contribution in [3.8, 4) is 0 Å². The average Bonchev–Trinajstić information content (AvgIpc) is 3.37. The van der Waals surface area contributed by atoms with Crippen LogP contribution in [0, 0.1) is 23.2 Å². The first-order chi connectivity index (χ1) is 14.5. The van der Waals surface area contributed by atoms with E-state index in [4.69, 9.17) is 4.98 Å². The first-order valence-electron chi connectivity index (χ1n) is 11.8. The molecule has 4 saturated carbocycles. The van der Waals surface area contributed by atoms with Crippen LogP contribution in [0.4, 0.5) is 0 Å². The molecule has 4 bridgehead atoms. The number of hydrogen-bond acceptors (Lipinski definition) is 3. The fourth-order valence-electron chi connectivity index (χ4n) is 7.54. The second kappa shape index (κ2) is 6.69. The van der Waals surface area contributed by atoms with Gasteiger partial charge in [-0.15, -0.1) is 0 Å². The van der Waals surface area contributed by atoms with Crippen LogP contribution in [0.5, 0.6) is 0 Å². The van der Waals surface area contributed by atoms with Crippen LogP contribution in [0.2, 0.25) is 0 Å². The van der Waals surface area contributed by atoms with Gasteiger partial charge in [-0.2, -0.15) is 0 Å². The molecule has 1 aromatic heterocycles. The Morgan fingerprint density at radius 1 is 1.03 bits per heavy atom. The summed E-state index contributed by atoms with van der Waals surface area (Å²) in [6.45, 7) is 5.07. The Kier molecular flexibility index (Phi) is 4.16. The van der Waals surface area contributed by atoms with Gasteiger partial charge in [-0.25, -0.2) is 4.98 Å². The van der Waals surface area contributed by atoms with E-state index in [0.717, 1.165) is 61.6 Å². The molecular formula is C24H32N4O2. The largest absolute Gasteiger partial charge is 0.335 e. The van der Waals surface area contributed by atoms with Crippen LogP contribution in [0.15, 0.2) is 18.3 Å². The number of nitrogens with zero attached hydrogens (tertiary/aromatic N) is 4. The van der Waals surface area contributed by atoms with Gasteiger partial charge in [-0.1, -0.05) is 12.2 Å². The molecule has 2 aliphatic heterocycles. The maximum atomic E-state index is 13.9. The van der Waals surface area contributed by atoms with E-state index in [1.807, 2.05) is 23.2 Å². The van der Waals surface area contributed by atoms with Crippen LogP contribution in [0.3, 0.4) is 0 Å². The lowest BCUT2D eigenvalue weighted by Crippen LogP contribution is -2.56. The van der Waals surface area contributed by atoms with Crippen molar-refractivity contribution < 1.29 is 9.59 Å². The first kappa shape index (κ1) is 18.6. The zero-order chi connectivity index (χ0) is 20.5. The quantitative estimate of drug-likeness (QED) is 0.723. The van der Waals surface area contributed by atoms with Crippen LogP contribution < -0.4 is 0 Å². The van der Waals surface area contributed by atoms with Gasteiger partial charge in [0.25, 0.3) is 0 Å². The molecule has 6 aliphatic rings. The molecule has 7 rings (SSSR count). The van der Waals surface area contributed by atoms with E-state index < -0.39 is 0 Å². The SMILES string of the molecule is C[C@@H]1c2nc(CC(=O)N3CC=CC3)cn2CCN1C(=O)C12CC3CC(CC(C3)C1)C2. The van der Waals surface area contributed by atoms with E-state index in [0.29, 0.717) is 25.4 Å². The molecule has 1 aromatic rings. The standard InChI is InChI=1S/C24H32N4O2/c1-16-22-25-20(11-21(29)26-4-2-3-5-26)15-27(22)6-7-28(16)23(30)24-12-17-8-18(13-24)10-19(9-17)14-24/h2-3,15-19H,4-14H2,1H3/t16-,17?,18?,19?,24?/m1/s1. The van der Waals surface area contributed by atoms with Gasteiger partial charge < -0.3 is 14.4 Å². The molecule has 0 unspecified atom stereocenters. The lowest BCUT2D eigenvalue weighted by Gasteiger charge is -2.57. The summed E-state index contributed by atoms with van der Waals surface area (Å²) in [4.78, 5) is 35.2. The Bertz CT molecular complexity index is 873. The van der Waals surface area contributed by atoms with Crippen LogP contribution in [-0.4, -0.2) is 50.8 Å². The monoisotopic (exact) mass is 408 g/mol. The molecule has 1 atom stereocenters. The van der Waals surface area contributed by atoms with E-state index in [2.05, 4.69) is 16.4 Å². The lowest BCUT2D eigenvalue weighted by molar-refractivity contribution is -0.161. The molecule has 30 heavy (non-hydrogen) atoms. The van der Waals surface area contributed by atoms with Crippen molar-refractivity contribution in [3.63, 3.8) is 0 Å². The van der Waals surface area contributed by atoms with E-state index in [9.17, 15) is 9.59 Å². The molecule has 160 valence electrons. The van der Waals surface area contributed by atoms with Crippen molar-refractivity contribution in [2.75, 3.05) is 19.6 Å². The van der Waals surface area contributed by atoms with Gasteiger partial charge in [0, 0.05) is 32.4 Å². The zero-order valence-corrected chi connectivity index (χ0v) is 17.9. The topological polar surface area (TPSA) is 58.4 Å². The smallest absolute Gasteiger partial charge is 0.229 e. The number of fused-ring (bicyclic) bond motifs is 1. The second-order valence-electron chi connectivity index (χ2n) is 10.6. The zero-order valence-electron chi connectivity index (χ0n) is 17.9. The van der Waals surface area contributed by atoms with E-state index in [1.165, 1.54) is 19.3 Å². The van der Waals surface area contributed by atoms with Gasteiger partial charge in [-0.3, -0.25) is 9.59 Å². The average molecular weight is 409 g/mol. The third-order valence-electron chi connectivity index (χ3n) is 8.54. The maximum Gasteiger partial charge on any atom is 0.229 e. The van der Waals surface area contributed by atoms with E-state index in [1.54, 1.807) is 0 Å². The Labute approximate surface area is 178 Å². The van der Waals surface area contributed by atoms with Crippen LogP contribution in [0.1, 0.15) is 63.0 Å². The highest BCUT2D eigenvalue weighted by molar-refractivity contribution is 5.84. The Morgan fingerprint density at radius 3 is 2.30 bits per heavy atom. The summed E-state index contributed by atoms with van der Waals surface area (Å²) >= 11 is 0. The predicted molar refractivity (Wildman–Crippen MR) is 112 cm³/mol. The highest BCUT2D eigenvalue weighted by Gasteiger charge is 2.56. The summed E-state index contributed by atoms with van der Waals surface area (Å²) < 4.78 is 2.17. The van der Waals surface area contributed by atoms with Gasteiger partial charge in [0.05, 0.1) is 23.6 Å². The van der Waals surface area contributed by atoms with Gasteiger partial charge in [-0.05, 0) is 63.2 Å². The molecule has 0 saturated heterocycles. The van der Waals surface area contributed by atoms with Crippen LogP contribution >= 0.6 is 0 Å². The third-order valence-corrected chi connectivity index (χ3v) is 8.54. The Hall–Kier alpha value is -2.11. The minimum absolute atomic E-state index is 0.0171. The van der Waals surface area contributed by atoms with Crippen molar-refractivity contribution in [1.29, 1.82) is 0 Å². The van der Waals surface area contributed by atoms with Gasteiger partial charge in [0.1, 0.15) is 5.82 Å². The minimum atomic E-state index is -0.0979. The fraction of sp³-hybridized carbons (Fsp3) is 0.708. The van der Waals surface area contributed by atoms with Gasteiger partial charge in [0.15, 0.2) is 0 Å². The summed E-state index contributed by atoms with van der Waals surface area (Å²) in [6, 6.07) is -0.0171. The number of rotatable bonds is 3. The fourth-order valence-corrected chi connectivity index (χ4v) is 7.54. The highest BCUT2D eigenvalue weighted by atomic mass is 16.2. The molecule has 2 amide bonds. The maximum absolute atomic E-state index is 13.9. The molecule has 0 radical (unpaired) electrons. The highest BCUT2D eigenvalue weighted by Crippen LogP contribution is 2.61. The summed E-state index contributed by atoms with van der Waals surface area (Å²) in [5.74, 6) is 3.80. The first-order valence-corrected chi connectivity index (χ1v) is 11.8. The minimum Gasteiger partial charge on any atom is -0.335 e. The van der Waals surface area contributed by atoms with E-state index >= 15 is 0 Å². The third kappa shape index (κ3) is 2.86. The Balaban J connectivity index is 1.20. The normalized spacial score (nSPS) is 36.4. The molecule has 0 spiro atoms. The number of carbonyl (C=O) groups is 2. The van der Waals surface area contributed by atoms with E-state index in [-0.39, 0.29) is 17.4 Å². The molecule has 4 fully saturated rings. The molecular weight excluding hydrogens is 376 g/mol. The van der Waals surface area contributed by atoms with Crippen LogP contribution in [-0.2, 0) is 22.6 Å². The molecule has 4 aliphatic carbocycles. The molecule has 6 heteroatoms. The van der Waals surface area contributed by atoms with Gasteiger partial charge in [0.2, 0.25) is 11.8 Å². The molecule has 3 heterocycles. The van der Waals surface area contributed by atoms with Crippen LogP contribution in [0.25, 0.3) is 0 Å². The predicted octanol–water partition coefficient (Wildman–Crippen LogP) is 2.94. The number of carbonyl (C=O) groups excluding carboxylic acids is 2. The summed E-state index contributed by atoms with van der Waals surface area (Å²) in [7, 11) is 0. The summed E-state index contributed by atoms with van der Waals surface area (Å²) in [5, 5.41) is 0.